The van der Waals surface area contributed by atoms with Crippen molar-refractivity contribution < 1.29 is 19.1 Å². The maximum Gasteiger partial charge on any atom is 0.349 e. The number of benzene rings is 1. The van der Waals surface area contributed by atoms with Gasteiger partial charge in [0.2, 0.25) is 0 Å². The number of nitrogens with zero attached hydrogens (tertiary/aromatic N) is 1. The van der Waals surface area contributed by atoms with Crippen LogP contribution >= 0.6 is 22.9 Å². The first-order valence-electron chi connectivity index (χ1n) is 6.22. The molecule has 1 amide bonds. The number of rotatable bonds is 5. The van der Waals surface area contributed by atoms with Crippen LogP contribution in [0.2, 0.25) is 5.02 Å². The zero-order valence-electron chi connectivity index (χ0n) is 11.9. The summed E-state index contributed by atoms with van der Waals surface area (Å²) in [5.74, 6) is -0.463. The van der Waals surface area contributed by atoms with Crippen molar-refractivity contribution >= 4 is 39.9 Å². The molecule has 0 aliphatic heterocycles. The lowest BCUT2D eigenvalue weighted by atomic mass is 10.2. The van der Waals surface area contributed by atoms with Gasteiger partial charge in [0.1, 0.15) is 10.6 Å². The van der Waals surface area contributed by atoms with Crippen molar-refractivity contribution in [3.63, 3.8) is 0 Å². The molecule has 6 nitrogen and oxygen atoms in total. The number of carbonyl (C=O) groups excluding carboxylic acids is 2. The molecule has 0 aliphatic carbocycles. The highest BCUT2D eigenvalue weighted by Gasteiger charge is 2.13. The van der Waals surface area contributed by atoms with Crippen LogP contribution in [0.25, 0.3) is 0 Å². The molecule has 0 spiro atoms. The molecule has 0 atom stereocenters. The number of aryl methyl sites for hydroxylation is 1. The Morgan fingerprint density at radius 1 is 1.41 bits per heavy atom. The molecule has 2 rings (SSSR count). The Labute approximate surface area is 136 Å². The molecular weight excluding hydrogens is 328 g/mol. The average molecular weight is 341 g/mol. The fourth-order valence-corrected chi connectivity index (χ4v) is 2.47. The lowest BCUT2D eigenvalue weighted by Crippen LogP contribution is -2.20. The fraction of sp³-hybridized carbons (Fsp3) is 0.214. The van der Waals surface area contributed by atoms with Crippen LogP contribution in [0.15, 0.2) is 24.4 Å². The van der Waals surface area contributed by atoms with Crippen molar-refractivity contribution in [2.75, 3.05) is 19.0 Å². The maximum absolute atomic E-state index is 11.8. The van der Waals surface area contributed by atoms with Crippen LogP contribution in [-0.4, -0.2) is 30.6 Å². The third-order valence-corrected chi connectivity index (χ3v) is 3.79. The minimum Gasteiger partial charge on any atom is -0.482 e. The Balaban J connectivity index is 1.91. The topological polar surface area (TPSA) is 77.5 Å². The SMILES string of the molecule is COC(=O)c1cnc(NC(=O)COc2cc(C)ccc2Cl)s1. The first-order valence-corrected chi connectivity index (χ1v) is 7.42. The van der Waals surface area contributed by atoms with Crippen LogP contribution in [0.1, 0.15) is 15.2 Å². The predicted molar refractivity (Wildman–Crippen MR) is 83.8 cm³/mol. The van der Waals surface area contributed by atoms with E-state index in [0.29, 0.717) is 20.8 Å². The molecule has 1 aromatic heterocycles. The minimum atomic E-state index is -0.499. The number of methoxy groups -OCH3 is 1. The number of hydrogen-bond acceptors (Lipinski definition) is 6. The summed E-state index contributed by atoms with van der Waals surface area (Å²) in [5.41, 5.74) is 0.974. The molecule has 0 saturated carbocycles. The van der Waals surface area contributed by atoms with E-state index in [-0.39, 0.29) is 6.61 Å². The minimum absolute atomic E-state index is 0.212. The summed E-state index contributed by atoms with van der Waals surface area (Å²) in [6, 6.07) is 5.29. The highest BCUT2D eigenvalue weighted by atomic mass is 35.5. The molecular formula is C14H13ClN2O4S. The van der Waals surface area contributed by atoms with Gasteiger partial charge in [-0.05, 0) is 24.6 Å². The number of halogens is 1. The summed E-state index contributed by atoms with van der Waals surface area (Å²) >= 11 is 7.00. The number of ether oxygens (including phenoxy) is 2. The largest absolute Gasteiger partial charge is 0.482 e. The number of amides is 1. The lowest BCUT2D eigenvalue weighted by Gasteiger charge is -2.08. The smallest absolute Gasteiger partial charge is 0.349 e. The first-order chi connectivity index (χ1) is 10.5. The molecule has 0 saturated heterocycles. The summed E-state index contributed by atoms with van der Waals surface area (Å²) in [5, 5.41) is 3.27. The van der Waals surface area contributed by atoms with Gasteiger partial charge in [0.15, 0.2) is 11.7 Å². The molecule has 0 unspecified atom stereocenters. The first kappa shape index (κ1) is 16.3. The Morgan fingerprint density at radius 2 is 2.18 bits per heavy atom. The van der Waals surface area contributed by atoms with Gasteiger partial charge in [-0.3, -0.25) is 10.1 Å². The van der Waals surface area contributed by atoms with Crippen LogP contribution in [0.5, 0.6) is 5.75 Å². The van der Waals surface area contributed by atoms with Crippen molar-refractivity contribution in [1.29, 1.82) is 0 Å². The van der Waals surface area contributed by atoms with Crippen molar-refractivity contribution in [2.45, 2.75) is 6.92 Å². The predicted octanol–water partition coefficient (Wildman–Crippen LogP) is 2.91. The number of esters is 1. The summed E-state index contributed by atoms with van der Waals surface area (Å²) in [4.78, 5) is 27.3. The molecule has 1 aromatic carbocycles. The van der Waals surface area contributed by atoms with Crippen LogP contribution in [0.3, 0.4) is 0 Å². The second kappa shape index (κ2) is 7.24. The molecule has 0 radical (unpaired) electrons. The maximum atomic E-state index is 11.8. The van der Waals surface area contributed by atoms with E-state index in [4.69, 9.17) is 16.3 Å². The van der Waals surface area contributed by atoms with Crippen molar-refractivity contribution in [2.24, 2.45) is 0 Å². The van der Waals surface area contributed by atoms with Gasteiger partial charge in [0, 0.05) is 0 Å². The third kappa shape index (κ3) is 4.19. The van der Waals surface area contributed by atoms with E-state index in [2.05, 4.69) is 15.0 Å². The van der Waals surface area contributed by atoms with Gasteiger partial charge in [0.05, 0.1) is 18.3 Å². The van der Waals surface area contributed by atoms with Crippen molar-refractivity contribution in [3.05, 3.63) is 39.9 Å². The van der Waals surface area contributed by atoms with Gasteiger partial charge in [0.25, 0.3) is 5.91 Å². The molecule has 0 aliphatic rings. The highest BCUT2D eigenvalue weighted by Crippen LogP contribution is 2.25. The zero-order chi connectivity index (χ0) is 16.1. The molecule has 1 N–H and O–H groups in total. The highest BCUT2D eigenvalue weighted by molar-refractivity contribution is 7.17. The molecule has 1 heterocycles. The summed E-state index contributed by atoms with van der Waals surface area (Å²) in [6.07, 6.45) is 1.34. The summed E-state index contributed by atoms with van der Waals surface area (Å²) in [7, 11) is 1.28. The standard InChI is InChI=1S/C14H13ClN2O4S/c1-8-3-4-9(15)10(5-8)21-7-12(18)17-14-16-6-11(22-14)13(19)20-2/h3-6H,7H2,1-2H3,(H,16,17,18). The Hall–Kier alpha value is -2.12. The van der Waals surface area contributed by atoms with Gasteiger partial charge >= 0.3 is 5.97 Å². The Morgan fingerprint density at radius 3 is 2.91 bits per heavy atom. The van der Waals surface area contributed by atoms with Crippen LogP contribution in [0, 0.1) is 6.92 Å². The van der Waals surface area contributed by atoms with Gasteiger partial charge in [-0.25, -0.2) is 9.78 Å². The molecule has 22 heavy (non-hydrogen) atoms. The van der Waals surface area contributed by atoms with E-state index in [0.717, 1.165) is 16.9 Å². The Kier molecular flexibility index (Phi) is 5.35. The monoisotopic (exact) mass is 340 g/mol. The van der Waals surface area contributed by atoms with Crippen molar-refractivity contribution in [3.8, 4) is 5.75 Å². The van der Waals surface area contributed by atoms with E-state index >= 15 is 0 Å². The number of nitrogens with one attached hydrogen (secondary N) is 1. The molecule has 0 bridgehead atoms. The molecule has 0 fully saturated rings. The third-order valence-electron chi connectivity index (χ3n) is 2.58. The Bertz CT molecular complexity index is 702. The van der Waals surface area contributed by atoms with E-state index in [1.807, 2.05) is 13.0 Å². The van der Waals surface area contributed by atoms with Crippen LogP contribution in [0.4, 0.5) is 5.13 Å². The van der Waals surface area contributed by atoms with E-state index < -0.39 is 11.9 Å². The van der Waals surface area contributed by atoms with E-state index in [1.54, 1.807) is 12.1 Å². The lowest BCUT2D eigenvalue weighted by molar-refractivity contribution is -0.118. The fourth-order valence-electron chi connectivity index (χ4n) is 1.55. The number of anilines is 1. The van der Waals surface area contributed by atoms with Crippen LogP contribution < -0.4 is 10.1 Å². The summed E-state index contributed by atoms with van der Waals surface area (Å²) < 4.78 is 9.93. The second-order valence-corrected chi connectivity index (χ2v) is 5.73. The van der Waals surface area contributed by atoms with Gasteiger partial charge in [-0.1, -0.05) is 29.0 Å². The molecule has 8 heteroatoms. The molecule has 116 valence electrons. The van der Waals surface area contributed by atoms with Gasteiger partial charge in [-0.2, -0.15) is 0 Å². The average Bonchev–Trinajstić information content (AvgIpc) is 2.95. The van der Waals surface area contributed by atoms with Crippen molar-refractivity contribution in [1.82, 2.24) is 4.98 Å². The van der Waals surface area contributed by atoms with Crippen LogP contribution in [-0.2, 0) is 9.53 Å². The number of aromatic nitrogens is 1. The van der Waals surface area contributed by atoms with E-state index in [9.17, 15) is 9.59 Å². The van der Waals surface area contributed by atoms with Gasteiger partial charge in [-0.15, -0.1) is 0 Å². The quantitative estimate of drug-likeness (QED) is 0.847. The molecule has 2 aromatic rings. The number of hydrogen-bond donors (Lipinski definition) is 1. The normalized spacial score (nSPS) is 10.1. The second-order valence-electron chi connectivity index (χ2n) is 4.29. The van der Waals surface area contributed by atoms with E-state index in [1.165, 1.54) is 13.3 Å². The number of thiazole rings is 1. The summed E-state index contributed by atoms with van der Waals surface area (Å²) in [6.45, 7) is 1.68. The zero-order valence-corrected chi connectivity index (χ0v) is 13.5. The van der Waals surface area contributed by atoms with Gasteiger partial charge < -0.3 is 9.47 Å². The number of carbonyl (C=O) groups is 2.